The first-order valence-electron chi connectivity index (χ1n) is 13.0. The maximum atomic E-state index is 6.30. The van der Waals surface area contributed by atoms with Crippen LogP contribution in [0.3, 0.4) is 0 Å². The highest BCUT2D eigenvalue weighted by Gasteiger charge is 2.36. The molecule has 35 heavy (non-hydrogen) atoms. The van der Waals surface area contributed by atoms with Gasteiger partial charge in [-0.3, -0.25) is 4.90 Å². The van der Waals surface area contributed by atoms with Crippen molar-refractivity contribution >= 4 is 22.5 Å². The summed E-state index contributed by atoms with van der Waals surface area (Å²) in [7, 11) is 0. The van der Waals surface area contributed by atoms with Crippen molar-refractivity contribution in [3.05, 3.63) is 35.3 Å². The van der Waals surface area contributed by atoms with Crippen LogP contribution in [0.5, 0.6) is 5.75 Å². The van der Waals surface area contributed by atoms with Crippen molar-refractivity contribution in [2.75, 3.05) is 37.7 Å². The molecule has 1 saturated carbocycles. The summed E-state index contributed by atoms with van der Waals surface area (Å²) >= 11 is 0. The third kappa shape index (κ3) is 3.33. The maximum Gasteiger partial charge on any atom is 0.172 e. The number of fused-ring (bicyclic) bond motifs is 5. The van der Waals surface area contributed by atoms with Gasteiger partial charge in [0.2, 0.25) is 0 Å². The summed E-state index contributed by atoms with van der Waals surface area (Å²) in [5.41, 5.74) is 8.86. The zero-order valence-corrected chi connectivity index (χ0v) is 21.0. The van der Waals surface area contributed by atoms with Crippen molar-refractivity contribution in [1.82, 2.24) is 29.5 Å². The second kappa shape index (κ2) is 7.68. The smallest absolute Gasteiger partial charge is 0.172 e. The number of hydrogen-bond acceptors (Lipinski definition) is 6. The summed E-state index contributed by atoms with van der Waals surface area (Å²) in [5, 5.41) is 4.42. The van der Waals surface area contributed by atoms with Gasteiger partial charge in [-0.15, -0.1) is 0 Å². The van der Waals surface area contributed by atoms with Gasteiger partial charge in [0.25, 0.3) is 0 Å². The van der Waals surface area contributed by atoms with E-state index in [1.54, 1.807) is 6.33 Å². The van der Waals surface area contributed by atoms with Crippen LogP contribution in [0.25, 0.3) is 27.9 Å². The summed E-state index contributed by atoms with van der Waals surface area (Å²) in [6.07, 6.45) is 6.52. The lowest BCUT2D eigenvalue weighted by Gasteiger charge is -2.44. The lowest BCUT2D eigenvalue weighted by molar-refractivity contribution is 0.161. The number of ether oxygens (including phenoxy) is 1. The number of anilines is 1. The largest absolute Gasteiger partial charge is 0.487 e. The highest BCUT2D eigenvalue weighted by Crippen LogP contribution is 2.42. The van der Waals surface area contributed by atoms with Gasteiger partial charge in [0.05, 0.1) is 22.8 Å². The predicted octanol–water partition coefficient (Wildman–Crippen LogP) is 4.31. The molecule has 0 spiro atoms. The molecule has 7 rings (SSSR count). The molecule has 3 aliphatic rings. The van der Waals surface area contributed by atoms with Gasteiger partial charge < -0.3 is 14.6 Å². The van der Waals surface area contributed by atoms with Gasteiger partial charge in [-0.05, 0) is 49.7 Å². The lowest BCUT2D eigenvalue weighted by atomic mass is 9.95. The minimum Gasteiger partial charge on any atom is -0.487 e. The topological polar surface area (TPSA) is 74.6 Å². The molecule has 4 aromatic rings. The van der Waals surface area contributed by atoms with Crippen molar-refractivity contribution in [3.63, 3.8) is 0 Å². The van der Waals surface area contributed by atoms with Gasteiger partial charge >= 0.3 is 0 Å². The Labute approximate surface area is 205 Å². The Bertz CT molecular complexity index is 1450. The fourth-order valence-electron chi connectivity index (χ4n) is 6.01. The number of piperazine rings is 1. The van der Waals surface area contributed by atoms with Crippen LogP contribution in [-0.2, 0) is 0 Å². The van der Waals surface area contributed by atoms with Gasteiger partial charge in [-0.1, -0.05) is 13.8 Å². The minimum atomic E-state index is 0.311. The zero-order valence-electron chi connectivity index (χ0n) is 21.0. The van der Waals surface area contributed by atoms with Gasteiger partial charge in [0.15, 0.2) is 17.2 Å². The third-order valence-corrected chi connectivity index (χ3v) is 8.21. The number of nitrogens with zero attached hydrogens (tertiary/aromatic N) is 6. The molecule has 1 atom stereocenters. The van der Waals surface area contributed by atoms with Crippen LogP contribution in [0.1, 0.15) is 49.3 Å². The first kappa shape index (κ1) is 21.2. The number of aromatic nitrogens is 5. The molecule has 0 radical (unpaired) electrons. The van der Waals surface area contributed by atoms with Crippen LogP contribution < -0.4 is 9.64 Å². The number of rotatable bonds is 4. The van der Waals surface area contributed by atoms with Crippen molar-refractivity contribution in [2.24, 2.45) is 5.92 Å². The van der Waals surface area contributed by atoms with E-state index >= 15 is 0 Å². The Hall–Kier alpha value is -3.13. The molecule has 6 heterocycles. The van der Waals surface area contributed by atoms with E-state index in [1.165, 1.54) is 30.5 Å². The molecule has 4 aromatic heterocycles. The van der Waals surface area contributed by atoms with Crippen molar-refractivity contribution < 1.29 is 4.74 Å². The van der Waals surface area contributed by atoms with Gasteiger partial charge in [0, 0.05) is 49.6 Å². The van der Waals surface area contributed by atoms with E-state index in [4.69, 9.17) is 9.72 Å². The molecule has 1 unspecified atom stereocenters. The predicted molar refractivity (Wildman–Crippen MR) is 137 cm³/mol. The SMILES string of the molecule is Cc1c(-c2[nH]c3cc4c(nc3c2C(C)C)N2CCN(CC3CC3)CC2CO4)cn2ncnc2c1C. The van der Waals surface area contributed by atoms with Crippen LogP contribution in [0.15, 0.2) is 18.6 Å². The standard InChI is InChI=1S/C27H33N7O/c1-15(2)23-24(20-12-34-26(28-14-29-34)17(4)16(20)3)30-21-9-22-27(31-25(21)23)33-8-7-32(10-18-5-6-18)11-19(33)13-35-22/h9,12,14-15,18-19,30H,5-8,10-11,13H2,1-4H3. The molecule has 1 saturated heterocycles. The second-order valence-corrected chi connectivity index (χ2v) is 11.0. The quantitative estimate of drug-likeness (QED) is 0.478. The fraction of sp³-hybridized carbons (Fsp3) is 0.519. The second-order valence-electron chi connectivity index (χ2n) is 11.0. The summed E-state index contributed by atoms with van der Waals surface area (Å²) in [6, 6.07) is 2.54. The van der Waals surface area contributed by atoms with E-state index in [2.05, 4.69) is 64.8 Å². The van der Waals surface area contributed by atoms with Crippen molar-refractivity contribution in [2.45, 2.75) is 52.5 Å². The molecule has 1 N–H and O–H groups in total. The van der Waals surface area contributed by atoms with Crippen molar-refractivity contribution in [1.29, 1.82) is 0 Å². The van der Waals surface area contributed by atoms with E-state index in [0.29, 0.717) is 12.0 Å². The molecule has 0 aromatic carbocycles. The van der Waals surface area contributed by atoms with Crippen LogP contribution in [0.2, 0.25) is 0 Å². The number of pyridine rings is 2. The number of aromatic amines is 1. The van der Waals surface area contributed by atoms with Crippen LogP contribution >= 0.6 is 0 Å². The summed E-state index contributed by atoms with van der Waals surface area (Å²) in [4.78, 5) is 18.6. The molecule has 1 aliphatic carbocycles. The normalized spacial score (nSPS) is 20.5. The average Bonchev–Trinajstić information content (AvgIpc) is 3.39. The van der Waals surface area contributed by atoms with Crippen LogP contribution in [0, 0.1) is 19.8 Å². The van der Waals surface area contributed by atoms with Crippen LogP contribution in [-0.4, -0.2) is 68.3 Å². The van der Waals surface area contributed by atoms with E-state index < -0.39 is 0 Å². The molecule has 8 heteroatoms. The Morgan fingerprint density at radius 1 is 1.17 bits per heavy atom. The number of aryl methyl sites for hydroxylation is 1. The summed E-state index contributed by atoms with van der Waals surface area (Å²) < 4.78 is 8.18. The molecule has 8 nitrogen and oxygen atoms in total. The Kier molecular flexibility index (Phi) is 4.65. The van der Waals surface area contributed by atoms with E-state index in [9.17, 15) is 0 Å². The van der Waals surface area contributed by atoms with Gasteiger partial charge in [-0.25, -0.2) is 14.5 Å². The summed E-state index contributed by atoms with van der Waals surface area (Å²) in [6.45, 7) is 14.0. The number of H-pyrrole nitrogens is 1. The van der Waals surface area contributed by atoms with E-state index in [0.717, 1.165) is 77.2 Å². The molecular weight excluding hydrogens is 438 g/mol. The highest BCUT2D eigenvalue weighted by molar-refractivity contribution is 5.92. The number of nitrogens with one attached hydrogen (secondary N) is 1. The average molecular weight is 472 g/mol. The van der Waals surface area contributed by atoms with Crippen LogP contribution in [0.4, 0.5) is 5.82 Å². The highest BCUT2D eigenvalue weighted by atomic mass is 16.5. The number of hydrogen-bond donors (Lipinski definition) is 1. The molecule has 2 fully saturated rings. The zero-order chi connectivity index (χ0) is 23.8. The molecular formula is C27H33N7O. The van der Waals surface area contributed by atoms with Crippen molar-refractivity contribution in [3.8, 4) is 17.0 Å². The Morgan fingerprint density at radius 2 is 2.03 bits per heavy atom. The first-order valence-corrected chi connectivity index (χ1v) is 13.0. The lowest BCUT2D eigenvalue weighted by Crippen LogP contribution is -2.57. The maximum absolute atomic E-state index is 6.30. The molecule has 0 bridgehead atoms. The summed E-state index contributed by atoms with van der Waals surface area (Å²) in [5.74, 6) is 3.14. The minimum absolute atomic E-state index is 0.311. The molecule has 0 amide bonds. The van der Waals surface area contributed by atoms with E-state index in [-0.39, 0.29) is 0 Å². The third-order valence-electron chi connectivity index (χ3n) is 8.21. The molecule has 2 aliphatic heterocycles. The molecule has 182 valence electrons. The first-order chi connectivity index (χ1) is 17.0. The Morgan fingerprint density at radius 3 is 2.83 bits per heavy atom. The van der Waals surface area contributed by atoms with Gasteiger partial charge in [-0.2, -0.15) is 5.10 Å². The van der Waals surface area contributed by atoms with E-state index in [1.807, 2.05) is 4.52 Å². The Balaban J connectivity index is 1.33. The fourth-order valence-corrected chi connectivity index (χ4v) is 6.01. The van der Waals surface area contributed by atoms with Gasteiger partial charge in [0.1, 0.15) is 12.9 Å². The monoisotopic (exact) mass is 471 g/mol.